The zero-order valence-corrected chi connectivity index (χ0v) is 9.68. The van der Waals surface area contributed by atoms with E-state index in [2.05, 4.69) is 17.1 Å². The Morgan fingerprint density at radius 1 is 1.61 bits per heavy atom. The molecule has 0 unspecified atom stereocenters. The molecule has 18 heavy (non-hydrogen) atoms. The lowest BCUT2D eigenvalue weighted by molar-refractivity contribution is 0.365. The number of amidine groups is 1. The van der Waals surface area contributed by atoms with Crippen LogP contribution >= 0.6 is 0 Å². The summed E-state index contributed by atoms with van der Waals surface area (Å²) in [4.78, 5) is 0. The third-order valence-corrected chi connectivity index (χ3v) is 1.89. The van der Waals surface area contributed by atoms with Gasteiger partial charge in [0.25, 0.3) is 0 Å². The zero-order chi connectivity index (χ0) is 13.4. The summed E-state index contributed by atoms with van der Waals surface area (Å²) in [6, 6.07) is 8.80. The summed E-state index contributed by atoms with van der Waals surface area (Å²) in [5, 5.41) is 19.6. The summed E-state index contributed by atoms with van der Waals surface area (Å²) >= 11 is 0. The number of nitriles is 1. The van der Waals surface area contributed by atoms with Crippen molar-refractivity contribution in [1.29, 1.82) is 10.7 Å². The van der Waals surface area contributed by atoms with Crippen molar-refractivity contribution in [3.63, 3.8) is 0 Å². The molecule has 1 rings (SSSR count). The molecule has 1 aromatic rings. The number of anilines is 1. The van der Waals surface area contributed by atoms with E-state index >= 15 is 0 Å². The molecule has 0 amide bonds. The fraction of sp³-hybridized carbons (Fsp3) is 0.0833. The second-order valence-corrected chi connectivity index (χ2v) is 3.19. The van der Waals surface area contributed by atoms with Gasteiger partial charge in [0.2, 0.25) is 5.71 Å². The minimum absolute atomic E-state index is 0.187. The summed E-state index contributed by atoms with van der Waals surface area (Å²) in [5.74, 6) is 0.177. The lowest BCUT2D eigenvalue weighted by atomic mass is 10.3. The minimum Gasteiger partial charge on any atom is -0.487 e. The average molecular weight is 243 g/mol. The molecule has 0 aliphatic carbocycles. The van der Waals surface area contributed by atoms with Crippen LogP contribution in [0.3, 0.4) is 0 Å². The van der Waals surface area contributed by atoms with Crippen LogP contribution in [0, 0.1) is 16.7 Å². The van der Waals surface area contributed by atoms with Crippen LogP contribution in [-0.2, 0) is 0 Å². The van der Waals surface area contributed by atoms with Crippen molar-refractivity contribution < 1.29 is 4.74 Å². The fourth-order valence-electron chi connectivity index (χ4n) is 1.10. The van der Waals surface area contributed by atoms with Crippen molar-refractivity contribution in [2.75, 3.05) is 12.0 Å². The molecule has 0 aromatic heterocycles. The van der Waals surface area contributed by atoms with Gasteiger partial charge in [-0.1, -0.05) is 24.8 Å². The van der Waals surface area contributed by atoms with Crippen molar-refractivity contribution in [3.8, 4) is 11.8 Å². The van der Waals surface area contributed by atoms with E-state index < -0.39 is 5.84 Å². The number of hydrogen-bond acceptors (Lipinski definition) is 5. The number of hydrazone groups is 1. The molecule has 0 aliphatic heterocycles. The molecular weight excluding hydrogens is 230 g/mol. The highest BCUT2D eigenvalue weighted by molar-refractivity contribution is 6.45. The largest absolute Gasteiger partial charge is 0.487 e. The molecule has 0 spiro atoms. The first-order valence-electron chi connectivity index (χ1n) is 5.10. The Labute approximate surface area is 105 Å². The maximum absolute atomic E-state index is 8.70. The molecule has 6 heteroatoms. The Bertz CT molecular complexity index is 515. The molecule has 4 N–H and O–H groups in total. The van der Waals surface area contributed by atoms with Gasteiger partial charge < -0.3 is 10.5 Å². The van der Waals surface area contributed by atoms with Crippen LogP contribution in [0.15, 0.2) is 42.0 Å². The lowest BCUT2D eigenvalue weighted by Gasteiger charge is -2.09. The predicted molar refractivity (Wildman–Crippen MR) is 70.7 cm³/mol. The van der Waals surface area contributed by atoms with Gasteiger partial charge in [0, 0.05) is 0 Å². The van der Waals surface area contributed by atoms with Crippen molar-refractivity contribution in [1.82, 2.24) is 0 Å². The topological polar surface area (TPSA) is 107 Å². The molecule has 92 valence electrons. The minimum atomic E-state index is -0.394. The third-order valence-electron chi connectivity index (χ3n) is 1.89. The van der Waals surface area contributed by atoms with Crippen molar-refractivity contribution in [2.24, 2.45) is 10.8 Å². The first-order valence-corrected chi connectivity index (χ1v) is 5.10. The van der Waals surface area contributed by atoms with Gasteiger partial charge in [-0.2, -0.15) is 10.4 Å². The van der Waals surface area contributed by atoms with Crippen molar-refractivity contribution >= 4 is 17.2 Å². The van der Waals surface area contributed by atoms with Gasteiger partial charge in [0.15, 0.2) is 5.84 Å². The number of nitrogens with zero attached hydrogens (tertiary/aromatic N) is 2. The number of ether oxygens (including phenoxy) is 1. The van der Waals surface area contributed by atoms with Crippen LogP contribution in [-0.4, -0.2) is 18.2 Å². The van der Waals surface area contributed by atoms with Crippen LogP contribution in [0.1, 0.15) is 0 Å². The maximum atomic E-state index is 8.70. The van der Waals surface area contributed by atoms with Gasteiger partial charge >= 0.3 is 0 Å². The summed E-state index contributed by atoms with van der Waals surface area (Å²) in [5.41, 5.74) is 8.21. The van der Waals surface area contributed by atoms with E-state index in [0.717, 1.165) is 0 Å². The number of nitrogens with two attached hydrogens (primary N) is 1. The van der Waals surface area contributed by atoms with E-state index in [1.54, 1.807) is 30.3 Å². The van der Waals surface area contributed by atoms with E-state index in [1.165, 1.54) is 0 Å². The molecule has 0 radical (unpaired) electrons. The number of hydrogen-bond donors (Lipinski definition) is 3. The second kappa shape index (κ2) is 6.70. The normalized spacial score (nSPS) is 10.3. The lowest BCUT2D eigenvalue weighted by Crippen LogP contribution is -2.21. The van der Waals surface area contributed by atoms with Crippen LogP contribution in [0.5, 0.6) is 5.75 Å². The molecule has 0 saturated carbocycles. The first-order chi connectivity index (χ1) is 8.69. The number of para-hydroxylation sites is 2. The highest BCUT2D eigenvalue weighted by Gasteiger charge is 2.04. The van der Waals surface area contributed by atoms with E-state index in [0.29, 0.717) is 18.0 Å². The van der Waals surface area contributed by atoms with Crippen LogP contribution in [0.2, 0.25) is 0 Å². The quantitative estimate of drug-likeness (QED) is 0.304. The predicted octanol–water partition coefficient (Wildman–Crippen LogP) is 1.48. The third kappa shape index (κ3) is 3.64. The Hall–Kier alpha value is -2.81. The fourth-order valence-corrected chi connectivity index (χ4v) is 1.10. The summed E-state index contributed by atoms with van der Waals surface area (Å²) < 4.78 is 5.40. The Kier molecular flexibility index (Phi) is 4.94. The summed E-state index contributed by atoms with van der Waals surface area (Å²) in [6.07, 6.45) is 1.62. The van der Waals surface area contributed by atoms with Gasteiger partial charge in [0.1, 0.15) is 18.4 Å². The molecule has 1 aromatic carbocycles. The molecule has 0 fully saturated rings. The standard InChI is InChI=1S/C12H13N5O/c1-2-7-18-11-6-4-3-5-9(11)16-17-10(8-13)12(14)15/h2-6,16H,1,7H2,(H3,14,15)/b17-10+. The highest BCUT2D eigenvalue weighted by atomic mass is 16.5. The van der Waals surface area contributed by atoms with Gasteiger partial charge in [-0.05, 0) is 12.1 Å². The number of nitrogens with one attached hydrogen (secondary N) is 2. The smallest absolute Gasteiger partial charge is 0.201 e. The Morgan fingerprint density at radius 3 is 2.94 bits per heavy atom. The second-order valence-electron chi connectivity index (χ2n) is 3.19. The van der Waals surface area contributed by atoms with Crippen molar-refractivity contribution in [3.05, 3.63) is 36.9 Å². The van der Waals surface area contributed by atoms with Crippen LogP contribution in [0.4, 0.5) is 5.69 Å². The van der Waals surface area contributed by atoms with E-state index in [4.69, 9.17) is 21.1 Å². The maximum Gasteiger partial charge on any atom is 0.201 e. The zero-order valence-electron chi connectivity index (χ0n) is 9.68. The average Bonchev–Trinajstić information content (AvgIpc) is 2.38. The van der Waals surface area contributed by atoms with Gasteiger partial charge in [-0.15, -0.1) is 0 Å². The number of rotatable bonds is 6. The summed E-state index contributed by atoms with van der Waals surface area (Å²) in [7, 11) is 0. The van der Waals surface area contributed by atoms with Crippen molar-refractivity contribution in [2.45, 2.75) is 0 Å². The van der Waals surface area contributed by atoms with E-state index in [-0.39, 0.29) is 5.71 Å². The van der Waals surface area contributed by atoms with Crippen LogP contribution in [0.25, 0.3) is 0 Å². The summed E-state index contributed by atoms with van der Waals surface area (Å²) in [6.45, 7) is 3.92. The highest BCUT2D eigenvalue weighted by Crippen LogP contribution is 2.23. The molecule has 0 saturated heterocycles. The molecule has 0 bridgehead atoms. The molecule has 0 atom stereocenters. The first kappa shape index (κ1) is 13.3. The molecule has 0 heterocycles. The SMILES string of the molecule is C=CCOc1ccccc1N/N=C(\C#N)C(=N)N. The van der Waals surface area contributed by atoms with Gasteiger partial charge in [0.05, 0.1) is 5.69 Å². The van der Waals surface area contributed by atoms with Crippen LogP contribution < -0.4 is 15.9 Å². The van der Waals surface area contributed by atoms with Gasteiger partial charge in [-0.3, -0.25) is 10.8 Å². The number of benzene rings is 1. The monoisotopic (exact) mass is 243 g/mol. The molecule has 0 aliphatic rings. The molecular formula is C12H13N5O. The van der Waals surface area contributed by atoms with E-state index in [1.807, 2.05) is 6.07 Å². The van der Waals surface area contributed by atoms with Gasteiger partial charge in [-0.25, -0.2) is 0 Å². The van der Waals surface area contributed by atoms with E-state index in [9.17, 15) is 0 Å². The Morgan fingerprint density at radius 2 is 2.33 bits per heavy atom. The Balaban J connectivity index is 2.87. The molecule has 6 nitrogen and oxygen atoms in total.